The summed E-state index contributed by atoms with van der Waals surface area (Å²) in [7, 11) is 0. The van der Waals surface area contributed by atoms with Crippen LogP contribution in [-0.4, -0.2) is 37.8 Å². The Morgan fingerprint density at radius 2 is 1.79 bits per heavy atom. The van der Waals surface area contributed by atoms with E-state index in [1.165, 1.54) is 6.92 Å². The van der Waals surface area contributed by atoms with Crippen molar-refractivity contribution in [1.82, 2.24) is 0 Å². The lowest BCUT2D eigenvalue weighted by molar-refractivity contribution is -0.149. The number of amides is 1. The largest absolute Gasteiger partial charge is 0.488 e. The molecular weight excluding hydrogens is 362 g/mol. The zero-order valence-corrected chi connectivity index (χ0v) is 15.3. The number of fused-ring (bicyclic) bond motifs is 2. The first kappa shape index (κ1) is 17.9. The second-order valence-electron chi connectivity index (χ2n) is 6.39. The smallest absolute Gasteiger partial charge is 0.338 e. The summed E-state index contributed by atoms with van der Waals surface area (Å²) in [5, 5.41) is 2.71. The molecule has 0 saturated heterocycles. The van der Waals surface area contributed by atoms with Crippen LogP contribution in [0.3, 0.4) is 0 Å². The maximum atomic E-state index is 12.4. The van der Waals surface area contributed by atoms with Gasteiger partial charge in [0, 0.05) is 17.3 Å². The maximum absolute atomic E-state index is 12.4. The predicted octanol–water partition coefficient (Wildman–Crippen LogP) is 2.80. The summed E-state index contributed by atoms with van der Waals surface area (Å²) >= 11 is 0. The molecule has 2 aliphatic heterocycles. The van der Waals surface area contributed by atoms with Crippen molar-refractivity contribution in [2.24, 2.45) is 0 Å². The highest BCUT2D eigenvalue weighted by molar-refractivity contribution is 5.99. The first-order valence-electron chi connectivity index (χ1n) is 8.94. The Balaban J connectivity index is 1.38. The summed E-state index contributed by atoms with van der Waals surface area (Å²) in [6.45, 7) is 2.57. The van der Waals surface area contributed by atoms with Crippen LogP contribution in [0.4, 0.5) is 5.69 Å². The Hall–Kier alpha value is -3.48. The van der Waals surface area contributed by atoms with E-state index in [9.17, 15) is 9.59 Å². The van der Waals surface area contributed by atoms with E-state index >= 15 is 0 Å². The topological polar surface area (TPSA) is 83.1 Å². The van der Waals surface area contributed by atoms with Gasteiger partial charge in [-0.3, -0.25) is 4.79 Å². The van der Waals surface area contributed by atoms with Crippen molar-refractivity contribution in [1.29, 1.82) is 0 Å². The third-order valence-corrected chi connectivity index (χ3v) is 4.36. The fourth-order valence-electron chi connectivity index (χ4n) is 2.89. The van der Waals surface area contributed by atoms with Gasteiger partial charge in [0.1, 0.15) is 25.6 Å². The standard InChI is InChI=1S/C21H19NO6/c1-13(20(23)22-16-6-7-18-19(11-16)26-9-8-25-18)28-21(24)15-10-14-4-2-3-5-17(14)27-12-15/h2-7,10-11,13H,8-9,12H2,1H3,(H,22,23)/t13-/m1/s1. The quantitative estimate of drug-likeness (QED) is 0.820. The fraction of sp³-hybridized carbons (Fsp3) is 0.238. The Kier molecular flexibility index (Phi) is 4.89. The van der Waals surface area contributed by atoms with Gasteiger partial charge in [0.2, 0.25) is 0 Å². The molecule has 1 N–H and O–H groups in total. The van der Waals surface area contributed by atoms with Crippen LogP contribution >= 0.6 is 0 Å². The third-order valence-electron chi connectivity index (χ3n) is 4.36. The minimum absolute atomic E-state index is 0.104. The van der Waals surface area contributed by atoms with Crippen molar-refractivity contribution < 1.29 is 28.5 Å². The van der Waals surface area contributed by atoms with Gasteiger partial charge < -0.3 is 24.3 Å². The van der Waals surface area contributed by atoms with Crippen LogP contribution in [-0.2, 0) is 14.3 Å². The number of para-hydroxylation sites is 1. The van der Waals surface area contributed by atoms with Crippen LogP contribution in [0.2, 0.25) is 0 Å². The highest BCUT2D eigenvalue weighted by atomic mass is 16.6. The van der Waals surface area contributed by atoms with Gasteiger partial charge in [-0.05, 0) is 31.2 Å². The molecule has 0 unspecified atom stereocenters. The van der Waals surface area contributed by atoms with E-state index in [0.717, 1.165) is 5.56 Å². The molecule has 2 aromatic rings. The van der Waals surface area contributed by atoms with Crippen molar-refractivity contribution in [3.8, 4) is 17.2 Å². The number of carbonyl (C=O) groups is 2. The number of nitrogens with one attached hydrogen (secondary N) is 1. The van der Waals surface area contributed by atoms with Crippen molar-refractivity contribution in [2.75, 3.05) is 25.1 Å². The van der Waals surface area contributed by atoms with Crippen molar-refractivity contribution in [3.63, 3.8) is 0 Å². The highest BCUT2D eigenvalue weighted by Gasteiger charge is 2.24. The van der Waals surface area contributed by atoms with Gasteiger partial charge in [-0.25, -0.2) is 4.79 Å². The molecule has 2 aliphatic rings. The molecule has 4 rings (SSSR count). The first-order valence-corrected chi connectivity index (χ1v) is 8.94. The molecule has 2 aromatic carbocycles. The molecule has 0 radical (unpaired) electrons. The number of benzene rings is 2. The Morgan fingerprint density at radius 3 is 2.64 bits per heavy atom. The zero-order valence-electron chi connectivity index (χ0n) is 15.3. The average Bonchev–Trinajstić information content (AvgIpc) is 2.73. The Bertz CT molecular complexity index is 952. The molecule has 28 heavy (non-hydrogen) atoms. The summed E-state index contributed by atoms with van der Waals surface area (Å²) in [5.74, 6) is 0.885. The van der Waals surface area contributed by atoms with Gasteiger partial charge in [-0.2, -0.15) is 0 Å². The molecule has 1 amide bonds. The van der Waals surface area contributed by atoms with Crippen LogP contribution in [0, 0.1) is 0 Å². The normalized spacial score (nSPS) is 15.4. The van der Waals surface area contributed by atoms with Gasteiger partial charge >= 0.3 is 5.97 Å². The SMILES string of the molecule is C[C@@H](OC(=O)C1=Cc2ccccc2OC1)C(=O)Nc1ccc2c(c1)OCCO2. The molecule has 2 heterocycles. The number of esters is 1. The predicted molar refractivity (Wildman–Crippen MR) is 102 cm³/mol. The molecule has 0 aliphatic carbocycles. The molecule has 0 saturated carbocycles. The molecule has 0 bridgehead atoms. The molecule has 0 aromatic heterocycles. The van der Waals surface area contributed by atoms with Crippen LogP contribution in [0.5, 0.6) is 17.2 Å². The number of ether oxygens (including phenoxy) is 4. The van der Waals surface area contributed by atoms with Crippen molar-refractivity contribution >= 4 is 23.6 Å². The molecule has 7 nitrogen and oxygen atoms in total. The lowest BCUT2D eigenvalue weighted by Crippen LogP contribution is -2.31. The monoisotopic (exact) mass is 381 g/mol. The van der Waals surface area contributed by atoms with Crippen LogP contribution in [0.1, 0.15) is 12.5 Å². The van der Waals surface area contributed by atoms with Gasteiger partial charge in [0.15, 0.2) is 17.6 Å². The minimum atomic E-state index is -0.973. The first-order chi connectivity index (χ1) is 13.6. The molecule has 1 atom stereocenters. The summed E-state index contributed by atoms with van der Waals surface area (Å²) in [6.07, 6.45) is 0.742. The molecular formula is C21H19NO6. The number of carbonyl (C=O) groups excluding carboxylic acids is 2. The Labute approximate surface area is 161 Å². The highest BCUT2D eigenvalue weighted by Crippen LogP contribution is 2.32. The van der Waals surface area contributed by atoms with Gasteiger partial charge in [-0.15, -0.1) is 0 Å². The van der Waals surface area contributed by atoms with E-state index < -0.39 is 18.0 Å². The van der Waals surface area contributed by atoms with Crippen molar-refractivity contribution in [3.05, 3.63) is 53.6 Å². The number of hydrogen-bond donors (Lipinski definition) is 1. The van der Waals surface area contributed by atoms with E-state index in [1.807, 2.05) is 24.3 Å². The summed E-state index contributed by atoms with van der Waals surface area (Å²) in [6, 6.07) is 12.5. The summed E-state index contributed by atoms with van der Waals surface area (Å²) in [4.78, 5) is 24.8. The molecule has 0 spiro atoms. The van der Waals surface area contributed by atoms with E-state index in [0.29, 0.717) is 41.7 Å². The minimum Gasteiger partial charge on any atom is -0.488 e. The van der Waals surface area contributed by atoms with E-state index in [2.05, 4.69) is 5.32 Å². The van der Waals surface area contributed by atoms with Gasteiger partial charge in [0.05, 0.1) is 5.57 Å². The van der Waals surface area contributed by atoms with Gasteiger partial charge in [-0.1, -0.05) is 18.2 Å². The second-order valence-corrected chi connectivity index (χ2v) is 6.39. The number of rotatable bonds is 4. The average molecular weight is 381 g/mol. The molecule has 0 fully saturated rings. The lowest BCUT2D eigenvalue weighted by atomic mass is 10.1. The van der Waals surface area contributed by atoms with Crippen LogP contribution in [0.25, 0.3) is 6.08 Å². The molecule has 7 heteroatoms. The third kappa shape index (κ3) is 3.78. The number of hydrogen-bond acceptors (Lipinski definition) is 6. The summed E-state index contributed by atoms with van der Waals surface area (Å²) in [5.41, 5.74) is 1.69. The van der Waals surface area contributed by atoms with Crippen LogP contribution in [0.15, 0.2) is 48.0 Å². The zero-order chi connectivity index (χ0) is 19.5. The lowest BCUT2D eigenvalue weighted by Gasteiger charge is -2.20. The van der Waals surface area contributed by atoms with Crippen LogP contribution < -0.4 is 19.5 Å². The van der Waals surface area contributed by atoms with E-state index in [4.69, 9.17) is 18.9 Å². The van der Waals surface area contributed by atoms with E-state index in [-0.39, 0.29) is 6.61 Å². The van der Waals surface area contributed by atoms with Crippen molar-refractivity contribution in [2.45, 2.75) is 13.0 Å². The second kappa shape index (κ2) is 7.64. The number of anilines is 1. The van der Waals surface area contributed by atoms with Gasteiger partial charge in [0.25, 0.3) is 5.91 Å². The van der Waals surface area contributed by atoms with E-state index in [1.54, 1.807) is 24.3 Å². The molecule has 144 valence electrons. The summed E-state index contributed by atoms with van der Waals surface area (Å²) < 4.78 is 21.8. The fourth-order valence-corrected chi connectivity index (χ4v) is 2.89. The maximum Gasteiger partial charge on any atom is 0.338 e. The Morgan fingerprint density at radius 1 is 1.00 bits per heavy atom.